The number of rotatable bonds is 2. The molecule has 0 rings (SSSR count). The van der Waals surface area contributed by atoms with Crippen molar-refractivity contribution in [2.24, 2.45) is 0 Å². The summed E-state index contributed by atoms with van der Waals surface area (Å²) < 4.78 is 0. The molecule has 0 bridgehead atoms. The van der Waals surface area contributed by atoms with Crippen LogP contribution in [0.5, 0.6) is 0 Å². The van der Waals surface area contributed by atoms with Crippen molar-refractivity contribution in [2.45, 2.75) is 6.55 Å². The summed E-state index contributed by atoms with van der Waals surface area (Å²) in [5.41, 5.74) is 0. The fourth-order valence-electron chi connectivity index (χ4n) is 0.0645. The predicted octanol–water partition coefficient (Wildman–Crippen LogP) is 0.186. The van der Waals surface area contributed by atoms with E-state index in [9.17, 15) is 0 Å². The van der Waals surface area contributed by atoms with E-state index in [1.807, 2.05) is 6.55 Å². The zero-order valence-electron chi connectivity index (χ0n) is 3.06. The maximum atomic E-state index is 7.57. The van der Waals surface area contributed by atoms with Gasteiger partial charge in [-0.15, -0.1) is 0 Å². The van der Waals surface area contributed by atoms with Gasteiger partial charge in [-0.3, -0.25) is 5.26 Å². The second-order valence-corrected chi connectivity index (χ2v) is 1.62. The van der Waals surface area contributed by atoms with E-state index in [-0.39, 0.29) is 0 Å². The van der Waals surface area contributed by atoms with Crippen LogP contribution in [0.25, 0.3) is 0 Å². The van der Waals surface area contributed by atoms with Gasteiger partial charge in [0.2, 0.25) is 0 Å². The van der Waals surface area contributed by atoms with Crippen LogP contribution in [-0.2, 0) is 4.89 Å². The molecule has 0 aromatic carbocycles. The zero-order chi connectivity index (χ0) is 4.12. The second-order valence-electron chi connectivity index (χ2n) is 0.627. The van der Waals surface area contributed by atoms with Gasteiger partial charge >= 0.3 is 0 Å². The molecule has 5 heavy (non-hydrogen) atoms. The van der Waals surface area contributed by atoms with E-state index in [2.05, 4.69) is 4.89 Å². The molecule has 30 valence electrons. The van der Waals surface area contributed by atoms with E-state index in [0.717, 1.165) is 0 Å². The largest absolute Gasteiger partial charge is 0.252 e. The van der Waals surface area contributed by atoms with Gasteiger partial charge in [0.25, 0.3) is 0 Å². The van der Waals surface area contributed by atoms with Gasteiger partial charge in [-0.1, -0.05) is 6.55 Å². The summed E-state index contributed by atoms with van der Waals surface area (Å²) in [6, 6.07) is 0. The predicted molar refractivity (Wildman–Crippen MR) is 20.2 cm³/mol. The van der Waals surface area contributed by atoms with Crippen molar-refractivity contribution in [3.05, 3.63) is 0 Å². The van der Waals surface area contributed by atoms with E-state index in [0.29, 0.717) is 15.7 Å². The highest BCUT2D eigenvalue weighted by Gasteiger charge is 1.71. The first kappa shape index (κ1) is 5.14. The lowest BCUT2D eigenvalue weighted by Gasteiger charge is -1.80. The molecule has 0 saturated heterocycles. The molecule has 0 fully saturated rings. The molecule has 0 aromatic heterocycles. The lowest BCUT2D eigenvalue weighted by Crippen LogP contribution is -1.93. The molecular formula is C2H6O2Si. The van der Waals surface area contributed by atoms with Gasteiger partial charge in [-0.2, -0.15) is 0 Å². The van der Waals surface area contributed by atoms with Gasteiger partial charge in [0.05, 0.1) is 15.7 Å². The lowest BCUT2D eigenvalue weighted by molar-refractivity contribution is -0.225. The standard InChI is InChI=1S/C2H6O2Si/c1-5-2-4-3/h3H,2H2,1H3. The highest BCUT2D eigenvalue weighted by Crippen LogP contribution is 1.56. The highest BCUT2D eigenvalue weighted by molar-refractivity contribution is 6.33. The Morgan fingerprint density at radius 2 is 2.60 bits per heavy atom. The Labute approximate surface area is 33.5 Å². The number of hydrogen-bond acceptors (Lipinski definition) is 2. The summed E-state index contributed by atoms with van der Waals surface area (Å²) in [4.78, 5) is 3.70. The fraction of sp³-hybridized carbons (Fsp3) is 1.00. The molecule has 0 atom stereocenters. The molecule has 2 nitrogen and oxygen atoms in total. The van der Waals surface area contributed by atoms with E-state index in [1.165, 1.54) is 0 Å². The third kappa shape index (κ3) is 4.14. The molecule has 0 saturated carbocycles. The van der Waals surface area contributed by atoms with E-state index in [4.69, 9.17) is 5.26 Å². The van der Waals surface area contributed by atoms with Crippen LogP contribution in [0.4, 0.5) is 0 Å². The van der Waals surface area contributed by atoms with Crippen molar-refractivity contribution < 1.29 is 10.1 Å². The Bertz CT molecular complexity index is 15.1. The molecule has 2 radical (unpaired) electrons. The molecular weight excluding hydrogens is 84.1 g/mol. The Balaban J connectivity index is 2.19. The SMILES string of the molecule is C[Si]COO. The van der Waals surface area contributed by atoms with Crippen LogP contribution >= 0.6 is 0 Å². The van der Waals surface area contributed by atoms with Gasteiger partial charge in [0, 0.05) is 0 Å². The average Bonchev–Trinajstić information content (AvgIpc) is 1.41. The molecule has 0 aliphatic rings. The Morgan fingerprint density at radius 1 is 2.00 bits per heavy atom. The molecule has 0 aromatic rings. The van der Waals surface area contributed by atoms with Crippen LogP contribution in [0.3, 0.4) is 0 Å². The molecule has 0 aliphatic heterocycles. The topological polar surface area (TPSA) is 29.5 Å². The van der Waals surface area contributed by atoms with Crippen LogP contribution < -0.4 is 0 Å². The molecule has 0 aliphatic carbocycles. The van der Waals surface area contributed by atoms with Crippen LogP contribution in [-0.4, -0.2) is 21.0 Å². The third-order valence-corrected chi connectivity index (χ3v) is 0.627. The quantitative estimate of drug-likeness (QED) is 0.298. The summed E-state index contributed by atoms with van der Waals surface area (Å²) in [6.45, 7) is 1.95. The van der Waals surface area contributed by atoms with E-state index >= 15 is 0 Å². The molecule has 0 amide bonds. The molecule has 0 unspecified atom stereocenters. The van der Waals surface area contributed by atoms with Gasteiger partial charge in [-0.25, -0.2) is 4.89 Å². The van der Waals surface area contributed by atoms with Gasteiger partial charge in [-0.05, 0) is 0 Å². The van der Waals surface area contributed by atoms with Gasteiger partial charge in [0.1, 0.15) is 0 Å². The second kappa shape index (κ2) is 4.14. The molecule has 3 heteroatoms. The Kier molecular flexibility index (Phi) is 4.25. The first-order chi connectivity index (χ1) is 2.41. The minimum atomic E-state index is 0.472. The fourth-order valence-corrected chi connectivity index (χ4v) is 0.194. The highest BCUT2D eigenvalue weighted by atomic mass is 28.2. The summed E-state index contributed by atoms with van der Waals surface area (Å²) in [6.07, 6.45) is 0.472. The van der Waals surface area contributed by atoms with Crippen LogP contribution in [0.1, 0.15) is 0 Å². The Morgan fingerprint density at radius 3 is 2.60 bits per heavy atom. The van der Waals surface area contributed by atoms with E-state index < -0.39 is 0 Å². The lowest BCUT2D eigenvalue weighted by atomic mass is 11.7. The smallest absolute Gasteiger partial charge is 0.0743 e. The third-order valence-electron chi connectivity index (χ3n) is 0.209. The minimum absolute atomic E-state index is 0.472. The summed E-state index contributed by atoms with van der Waals surface area (Å²) >= 11 is 0. The van der Waals surface area contributed by atoms with Crippen molar-refractivity contribution >= 4 is 9.52 Å². The van der Waals surface area contributed by atoms with Crippen molar-refractivity contribution in [1.29, 1.82) is 0 Å². The molecule has 1 N–H and O–H groups in total. The van der Waals surface area contributed by atoms with Gasteiger partial charge in [0.15, 0.2) is 0 Å². The first-order valence-electron chi connectivity index (χ1n) is 1.32. The Hall–Kier alpha value is 0.137. The number of hydrogen-bond donors (Lipinski definition) is 1. The maximum Gasteiger partial charge on any atom is 0.0743 e. The normalized spacial score (nSPS) is 8.40. The van der Waals surface area contributed by atoms with E-state index in [1.54, 1.807) is 0 Å². The monoisotopic (exact) mass is 90.0 g/mol. The van der Waals surface area contributed by atoms with Crippen molar-refractivity contribution in [2.75, 3.05) is 6.23 Å². The van der Waals surface area contributed by atoms with Crippen LogP contribution in [0.2, 0.25) is 6.55 Å². The van der Waals surface area contributed by atoms with Crippen molar-refractivity contribution in [1.82, 2.24) is 0 Å². The minimum Gasteiger partial charge on any atom is -0.252 e. The summed E-state index contributed by atoms with van der Waals surface area (Å²) in [7, 11) is 0.686. The summed E-state index contributed by atoms with van der Waals surface area (Å²) in [5, 5.41) is 7.57. The van der Waals surface area contributed by atoms with Gasteiger partial charge < -0.3 is 0 Å². The zero-order valence-corrected chi connectivity index (χ0v) is 4.06. The van der Waals surface area contributed by atoms with Crippen LogP contribution in [0, 0.1) is 0 Å². The maximum absolute atomic E-state index is 7.57. The van der Waals surface area contributed by atoms with Crippen LogP contribution in [0.15, 0.2) is 0 Å². The first-order valence-corrected chi connectivity index (χ1v) is 3.03. The summed E-state index contributed by atoms with van der Waals surface area (Å²) in [5.74, 6) is 0. The average molecular weight is 90.2 g/mol. The van der Waals surface area contributed by atoms with Crippen molar-refractivity contribution in [3.8, 4) is 0 Å². The van der Waals surface area contributed by atoms with Crippen molar-refractivity contribution in [3.63, 3.8) is 0 Å². The molecule has 0 heterocycles. The molecule has 0 spiro atoms.